The monoisotopic (exact) mass is 389 g/mol. The quantitative estimate of drug-likeness (QED) is 0.689. The van der Waals surface area contributed by atoms with E-state index in [1.54, 1.807) is 32.9 Å². The number of hydrogen-bond acceptors (Lipinski definition) is 5. The molecule has 0 heterocycles. The molecule has 0 aromatic heterocycles. The Balaban J connectivity index is 2.83. The fourth-order valence-electron chi connectivity index (χ4n) is 2.32. The van der Waals surface area contributed by atoms with Gasteiger partial charge in [-0.1, -0.05) is 25.5 Å². The summed E-state index contributed by atoms with van der Waals surface area (Å²) >= 11 is 0. The molecule has 1 atom stereocenters. The third-order valence-corrected chi connectivity index (χ3v) is 4.19. The molecule has 0 aliphatic heterocycles. The Bertz CT molecular complexity index is 713. The number of carbonyl (C=O) groups is 1. The van der Waals surface area contributed by atoms with Crippen LogP contribution in [0.3, 0.4) is 0 Å². The highest BCUT2D eigenvalue weighted by Gasteiger charge is 2.19. The minimum atomic E-state index is -3.53. The number of rotatable bonds is 8. The van der Waals surface area contributed by atoms with E-state index in [9.17, 15) is 17.6 Å². The van der Waals surface area contributed by atoms with Gasteiger partial charge in [-0.25, -0.2) is 9.18 Å². The maximum absolute atomic E-state index is 14.2. The Kier molecular flexibility index (Phi) is 8.02. The Morgan fingerprint density at radius 1 is 1.31 bits per heavy atom. The van der Waals surface area contributed by atoms with Gasteiger partial charge in [0.1, 0.15) is 11.4 Å². The van der Waals surface area contributed by atoms with E-state index in [0.717, 1.165) is 6.26 Å². The van der Waals surface area contributed by atoms with Crippen molar-refractivity contribution in [3.63, 3.8) is 0 Å². The first-order valence-electron chi connectivity index (χ1n) is 8.48. The van der Waals surface area contributed by atoms with Crippen LogP contribution in [-0.2, 0) is 32.0 Å². The summed E-state index contributed by atoms with van der Waals surface area (Å²) in [4.78, 5) is 11.8. The highest BCUT2D eigenvalue weighted by Crippen LogP contribution is 2.20. The van der Waals surface area contributed by atoms with Crippen LogP contribution in [0, 0.1) is 11.7 Å². The van der Waals surface area contributed by atoms with Crippen LogP contribution in [0.2, 0.25) is 0 Å². The van der Waals surface area contributed by atoms with Gasteiger partial charge in [0.25, 0.3) is 10.1 Å². The van der Waals surface area contributed by atoms with Crippen LogP contribution in [0.1, 0.15) is 45.2 Å². The molecule has 8 heteroatoms. The third-order valence-electron chi connectivity index (χ3n) is 3.63. The van der Waals surface area contributed by atoms with Crippen molar-refractivity contribution >= 4 is 16.2 Å². The number of nitrogens with one attached hydrogen (secondary N) is 1. The van der Waals surface area contributed by atoms with Gasteiger partial charge in [0, 0.05) is 12.1 Å². The van der Waals surface area contributed by atoms with Gasteiger partial charge in [-0.05, 0) is 44.7 Å². The predicted molar refractivity (Wildman–Crippen MR) is 97.8 cm³/mol. The molecule has 1 amide bonds. The fourth-order valence-corrected chi connectivity index (χ4v) is 2.76. The van der Waals surface area contributed by atoms with Crippen LogP contribution in [-0.4, -0.2) is 33.0 Å². The minimum absolute atomic E-state index is 0.0136. The van der Waals surface area contributed by atoms with Crippen molar-refractivity contribution in [2.45, 2.75) is 52.7 Å². The summed E-state index contributed by atoms with van der Waals surface area (Å²) in [6.07, 6.45) is 1.48. The molecule has 0 saturated carbocycles. The molecule has 1 aromatic carbocycles. The summed E-state index contributed by atoms with van der Waals surface area (Å²) in [5.74, 6) is -0.524. The van der Waals surface area contributed by atoms with Gasteiger partial charge in [0.2, 0.25) is 0 Å². The third kappa shape index (κ3) is 8.62. The van der Waals surface area contributed by atoms with Crippen molar-refractivity contribution in [1.29, 1.82) is 0 Å². The van der Waals surface area contributed by atoms with Crippen LogP contribution in [0.4, 0.5) is 9.18 Å². The van der Waals surface area contributed by atoms with E-state index in [0.29, 0.717) is 24.0 Å². The topological polar surface area (TPSA) is 81.7 Å². The molecule has 0 spiro atoms. The van der Waals surface area contributed by atoms with Crippen molar-refractivity contribution in [1.82, 2.24) is 5.32 Å². The van der Waals surface area contributed by atoms with Crippen molar-refractivity contribution in [2.24, 2.45) is 5.92 Å². The number of ether oxygens (including phenoxy) is 1. The van der Waals surface area contributed by atoms with Gasteiger partial charge in [-0.15, -0.1) is 0 Å². The zero-order valence-electron chi connectivity index (χ0n) is 16.0. The Morgan fingerprint density at radius 3 is 2.50 bits per heavy atom. The van der Waals surface area contributed by atoms with E-state index in [1.165, 1.54) is 6.07 Å². The lowest BCUT2D eigenvalue weighted by Gasteiger charge is -2.21. The van der Waals surface area contributed by atoms with Gasteiger partial charge in [-0.2, -0.15) is 8.42 Å². The fraction of sp³-hybridized carbons (Fsp3) is 0.611. The molecule has 1 rings (SSSR count). The van der Waals surface area contributed by atoms with Crippen LogP contribution in [0.25, 0.3) is 0 Å². The normalized spacial score (nSPS) is 13.3. The Hall–Kier alpha value is -1.67. The average Bonchev–Trinajstić information content (AvgIpc) is 2.48. The first-order chi connectivity index (χ1) is 11.9. The number of benzene rings is 1. The molecule has 1 aromatic rings. The lowest BCUT2D eigenvalue weighted by atomic mass is 9.94. The van der Waals surface area contributed by atoms with E-state index in [2.05, 4.69) is 5.32 Å². The van der Waals surface area contributed by atoms with E-state index < -0.39 is 27.6 Å². The van der Waals surface area contributed by atoms with E-state index in [-0.39, 0.29) is 19.1 Å². The summed E-state index contributed by atoms with van der Waals surface area (Å²) in [6.45, 7) is 7.16. The smallest absolute Gasteiger partial charge is 0.407 e. The van der Waals surface area contributed by atoms with Gasteiger partial charge >= 0.3 is 6.09 Å². The molecule has 0 aliphatic carbocycles. The van der Waals surface area contributed by atoms with Gasteiger partial charge in [-0.3, -0.25) is 4.18 Å². The molecular formula is C18H28FNO5S. The zero-order valence-corrected chi connectivity index (χ0v) is 16.8. The van der Waals surface area contributed by atoms with Crippen LogP contribution in [0.5, 0.6) is 0 Å². The molecule has 6 nitrogen and oxygen atoms in total. The first kappa shape index (κ1) is 22.4. The van der Waals surface area contributed by atoms with Gasteiger partial charge in [0.05, 0.1) is 12.9 Å². The van der Waals surface area contributed by atoms with E-state index >= 15 is 0 Å². The molecular weight excluding hydrogens is 361 g/mol. The van der Waals surface area contributed by atoms with Crippen LogP contribution in [0.15, 0.2) is 18.2 Å². The molecule has 0 fully saturated rings. The molecule has 0 saturated heterocycles. The summed E-state index contributed by atoms with van der Waals surface area (Å²) < 4.78 is 46.6. The molecule has 148 valence electrons. The Morgan fingerprint density at radius 2 is 1.96 bits per heavy atom. The Labute approximate surface area is 155 Å². The summed E-state index contributed by atoms with van der Waals surface area (Å²) in [7, 11) is -3.53. The van der Waals surface area contributed by atoms with Gasteiger partial charge in [0.15, 0.2) is 0 Å². The molecule has 0 bridgehead atoms. The van der Waals surface area contributed by atoms with Crippen LogP contribution >= 0.6 is 0 Å². The molecule has 26 heavy (non-hydrogen) atoms. The predicted octanol–water partition coefficient (Wildman–Crippen LogP) is 3.40. The second-order valence-corrected chi connectivity index (χ2v) is 8.84. The highest BCUT2D eigenvalue weighted by atomic mass is 32.2. The molecule has 1 N–H and O–H groups in total. The first-order valence-corrected chi connectivity index (χ1v) is 10.3. The molecule has 0 radical (unpaired) electrons. The maximum atomic E-state index is 14.2. The minimum Gasteiger partial charge on any atom is -0.444 e. The summed E-state index contributed by atoms with van der Waals surface area (Å²) in [5.41, 5.74) is 0.416. The van der Waals surface area contributed by atoms with E-state index in [1.807, 2.05) is 6.92 Å². The lowest BCUT2D eigenvalue weighted by Crippen LogP contribution is -2.32. The number of amides is 1. The van der Waals surface area contributed by atoms with Gasteiger partial charge < -0.3 is 10.1 Å². The number of hydrogen-bond donors (Lipinski definition) is 1. The second-order valence-electron chi connectivity index (χ2n) is 7.20. The number of alkyl carbamates (subject to hydrolysis) is 1. The lowest BCUT2D eigenvalue weighted by molar-refractivity contribution is 0.0523. The largest absolute Gasteiger partial charge is 0.444 e. The summed E-state index contributed by atoms with van der Waals surface area (Å²) in [6, 6.07) is 4.67. The standard InChI is InChI=1S/C18H28FNO5S/c1-6-13(12-24-26(5,22)23)10-14-8-7-9-16(19)15(14)11-20-17(21)25-18(2,3)4/h7-9,13H,6,10-12H2,1-5H3,(H,20,21). The highest BCUT2D eigenvalue weighted by molar-refractivity contribution is 7.85. The van der Waals surface area contributed by atoms with Crippen molar-refractivity contribution in [3.8, 4) is 0 Å². The maximum Gasteiger partial charge on any atom is 0.407 e. The SMILES string of the molecule is CCC(COS(C)(=O)=O)Cc1cccc(F)c1CNC(=O)OC(C)(C)C. The molecule has 0 aliphatic rings. The number of carbonyl (C=O) groups excluding carboxylic acids is 1. The second kappa shape index (κ2) is 9.32. The summed E-state index contributed by atoms with van der Waals surface area (Å²) in [5, 5.41) is 2.56. The number of halogens is 1. The average molecular weight is 389 g/mol. The van der Waals surface area contributed by atoms with Crippen molar-refractivity contribution < 1.29 is 26.5 Å². The van der Waals surface area contributed by atoms with Crippen molar-refractivity contribution in [2.75, 3.05) is 12.9 Å². The zero-order chi connectivity index (χ0) is 20.0. The van der Waals surface area contributed by atoms with Crippen LogP contribution < -0.4 is 5.32 Å². The van der Waals surface area contributed by atoms with E-state index in [4.69, 9.17) is 8.92 Å². The molecule has 1 unspecified atom stereocenters. The van der Waals surface area contributed by atoms with Crippen molar-refractivity contribution in [3.05, 3.63) is 35.1 Å².